The number of rotatable bonds is 6. The first-order chi connectivity index (χ1) is 16.0. The van der Waals surface area contributed by atoms with Crippen LogP contribution in [0.1, 0.15) is 12.0 Å². The number of ether oxygens (including phenoxy) is 3. The molecule has 2 bridgehead atoms. The van der Waals surface area contributed by atoms with E-state index in [0.717, 1.165) is 11.4 Å². The number of carbonyl (C=O) groups excluding carboxylic acids is 3. The molecule has 5 rings (SSSR count). The van der Waals surface area contributed by atoms with Crippen LogP contribution in [0.4, 0.5) is 0 Å². The minimum absolute atomic E-state index is 0.119. The zero-order valence-corrected chi connectivity index (χ0v) is 19.7. The molecule has 0 unspecified atom stereocenters. The van der Waals surface area contributed by atoms with E-state index in [1.54, 1.807) is 17.0 Å². The van der Waals surface area contributed by atoms with E-state index in [4.69, 9.17) is 14.2 Å². The van der Waals surface area contributed by atoms with Crippen LogP contribution in [0.5, 0.6) is 11.5 Å². The number of amides is 3. The first-order valence-electron chi connectivity index (χ1n) is 10.9. The number of hydrazone groups is 1. The largest absolute Gasteiger partial charge is 0.493 e. The molecule has 0 radical (unpaired) electrons. The Bertz CT molecular complexity index is 1020. The molecule has 2 aliphatic carbocycles. The van der Waals surface area contributed by atoms with E-state index >= 15 is 0 Å². The number of carbonyl (C=O) groups is 3. The van der Waals surface area contributed by atoms with E-state index < -0.39 is 0 Å². The van der Waals surface area contributed by atoms with Crippen LogP contribution in [0.3, 0.4) is 0 Å². The van der Waals surface area contributed by atoms with Crippen LogP contribution >= 0.6 is 15.9 Å². The van der Waals surface area contributed by atoms with Crippen LogP contribution in [0.2, 0.25) is 0 Å². The van der Waals surface area contributed by atoms with Crippen LogP contribution in [0, 0.1) is 23.7 Å². The number of halogens is 1. The van der Waals surface area contributed by atoms with Gasteiger partial charge in [0.25, 0.3) is 17.7 Å². The molecule has 33 heavy (non-hydrogen) atoms. The molecule has 174 valence electrons. The summed E-state index contributed by atoms with van der Waals surface area (Å²) in [6.45, 7) is 2.02. The minimum Gasteiger partial charge on any atom is -0.493 e. The lowest BCUT2D eigenvalue weighted by Gasteiger charge is -2.26. The zero-order chi connectivity index (χ0) is 23.1. The molecule has 3 fully saturated rings. The number of nitrogens with zero attached hydrogens (tertiary/aromatic N) is 3. The van der Waals surface area contributed by atoms with Gasteiger partial charge < -0.3 is 19.1 Å². The van der Waals surface area contributed by atoms with Gasteiger partial charge in [-0.3, -0.25) is 14.4 Å². The maximum atomic E-state index is 12.8. The molecule has 3 amide bonds. The van der Waals surface area contributed by atoms with Gasteiger partial charge in [-0.25, -0.2) is 0 Å². The Morgan fingerprint density at radius 2 is 1.82 bits per heavy atom. The van der Waals surface area contributed by atoms with Gasteiger partial charge in [0.1, 0.15) is 0 Å². The van der Waals surface area contributed by atoms with Gasteiger partial charge in [-0.15, -0.1) is 0 Å². The molecule has 2 heterocycles. The average Bonchev–Trinajstić information content (AvgIpc) is 3.51. The van der Waals surface area contributed by atoms with Crippen LogP contribution in [0.25, 0.3) is 0 Å². The number of hydrogen-bond donors (Lipinski definition) is 0. The third-order valence-electron chi connectivity index (χ3n) is 6.76. The molecule has 1 aromatic carbocycles. The summed E-state index contributed by atoms with van der Waals surface area (Å²) in [5.74, 6) is -0.0843. The van der Waals surface area contributed by atoms with Crippen LogP contribution in [-0.4, -0.2) is 73.9 Å². The van der Waals surface area contributed by atoms with Crippen molar-refractivity contribution in [3.63, 3.8) is 0 Å². The van der Waals surface area contributed by atoms with Gasteiger partial charge >= 0.3 is 0 Å². The molecule has 2 aliphatic heterocycles. The van der Waals surface area contributed by atoms with E-state index in [9.17, 15) is 14.4 Å². The molecule has 0 aromatic heterocycles. The van der Waals surface area contributed by atoms with Gasteiger partial charge in [0.05, 0.1) is 38.4 Å². The van der Waals surface area contributed by atoms with Crippen molar-refractivity contribution in [2.75, 3.05) is 40.0 Å². The number of fused-ring (bicyclic) bond motifs is 5. The monoisotopic (exact) mass is 517 g/mol. The molecule has 1 aromatic rings. The maximum Gasteiger partial charge on any atom is 0.260 e. The predicted octanol–water partition coefficient (Wildman–Crippen LogP) is 1.84. The highest BCUT2D eigenvalue weighted by molar-refractivity contribution is 9.10. The lowest BCUT2D eigenvalue weighted by atomic mass is 9.85. The molecule has 0 N–H and O–H groups in total. The second kappa shape index (κ2) is 8.90. The van der Waals surface area contributed by atoms with Gasteiger partial charge in [0, 0.05) is 23.1 Å². The predicted molar refractivity (Wildman–Crippen MR) is 121 cm³/mol. The molecule has 4 atom stereocenters. The Labute approximate surface area is 199 Å². The Morgan fingerprint density at radius 3 is 2.45 bits per heavy atom. The van der Waals surface area contributed by atoms with E-state index in [2.05, 4.69) is 21.0 Å². The highest BCUT2D eigenvalue weighted by Gasteiger charge is 2.59. The number of methoxy groups -OCH3 is 1. The molecular formula is C23H24BrN3O6. The highest BCUT2D eigenvalue weighted by Crippen LogP contribution is 2.52. The average molecular weight is 518 g/mol. The van der Waals surface area contributed by atoms with Crippen LogP contribution in [0.15, 0.2) is 33.9 Å². The second-order valence-corrected chi connectivity index (χ2v) is 9.39. The van der Waals surface area contributed by atoms with Crippen molar-refractivity contribution in [1.29, 1.82) is 0 Å². The summed E-state index contributed by atoms with van der Waals surface area (Å²) < 4.78 is 17.0. The standard InChI is InChI=1S/C23H24BrN3O6/c1-31-17-9-15(16(24)10-18(17)33-12-19(28)26-4-6-32-7-5-26)11-25-27-22(29)20-13-2-3-14(8-13)21(20)23(27)30/h2-3,9-11,13-14,20-21H,4-8,12H2,1H3/t13-,14-,20-,21+/m0/s1. The lowest BCUT2D eigenvalue weighted by Crippen LogP contribution is -2.43. The topological polar surface area (TPSA) is 97.7 Å². The van der Waals surface area contributed by atoms with Crippen molar-refractivity contribution in [3.05, 3.63) is 34.3 Å². The lowest BCUT2D eigenvalue weighted by molar-refractivity contribution is -0.140. The minimum atomic E-state index is -0.289. The normalized spacial score (nSPS) is 28.2. The zero-order valence-electron chi connectivity index (χ0n) is 18.1. The first kappa shape index (κ1) is 22.1. The highest BCUT2D eigenvalue weighted by atomic mass is 79.9. The van der Waals surface area contributed by atoms with Crippen molar-refractivity contribution in [2.24, 2.45) is 28.8 Å². The number of allylic oxidation sites excluding steroid dienone is 2. The number of imide groups is 1. The number of benzene rings is 1. The maximum absolute atomic E-state index is 12.8. The summed E-state index contributed by atoms with van der Waals surface area (Å²) in [6.07, 6.45) is 6.44. The van der Waals surface area contributed by atoms with Crippen molar-refractivity contribution in [3.8, 4) is 11.5 Å². The van der Waals surface area contributed by atoms with Gasteiger partial charge in [0.2, 0.25) is 0 Å². The molecule has 10 heteroatoms. The van der Waals surface area contributed by atoms with E-state index in [1.165, 1.54) is 13.3 Å². The quantitative estimate of drug-likeness (QED) is 0.324. The van der Waals surface area contributed by atoms with Crippen molar-refractivity contribution in [2.45, 2.75) is 6.42 Å². The van der Waals surface area contributed by atoms with Crippen LogP contribution < -0.4 is 9.47 Å². The summed E-state index contributed by atoms with van der Waals surface area (Å²) in [5, 5.41) is 5.22. The third kappa shape index (κ3) is 3.95. The molecular weight excluding hydrogens is 494 g/mol. The molecule has 0 spiro atoms. The van der Waals surface area contributed by atoms with E-state index in [0.29, 0.717) is 47.8 Å². The summed E-state index contributed by atoms with van der Waals surface area (Å²) in [7, 11) is 1.50. The Morgan fingerprint density at radius 1 is 1.15 bits per heavy atom. The first-order valence-corrected chi connectivity index (χ1v) is 11.7. The smallest absolute Gasteiger partial charge is 0.260 e. The summed E-state index contributed by atoms with van der Waals surface area (Å²) in [6, 6.07) is 3.36. The van der Waals surface area contributed by atoms with E-state index in [-0.39, 0.29) is 48.0 Å². The fraction of sp³-hybridized carbons (Fsp3) is 0.478. The molecule has 1 saturated carbocycles. The molecule has 4 aliphatic rings. The van der Waals surface area contributed by atoms with Crippen molar-refractivity contribution in [1.82, 2.24) is 9.91 Å². The van der Waals surface area contributed by atoms with Crippen molar-refractivity contribution >= 4 is 39.9 Å². The summed E-state index contributed by atoms with van der Waals surface area (Å²) in [5.41, 5.74) is 0.609. The second-order valence-electron chi connectivity index (χ2n) is 8.54. The van der Waals surface area contributed by atoms with Crippen molar-refractivity contribution < 1.29 is 28.6 Å². The fourth-order valence-corrected chi connectivity index (χ4v) is 5.51. The Hall–Kier alpha value is -2.72. The van der Waals surface area contributed by atoms with Gasteiger partial charge in [-0.05, 0) is 46.3 Å². The van der Waals surface area contributed by atoms with Gasteiger partial charge in [-0.2, -0.15) is 10.1 Å². The summed E-state index contributed by atoms with van der Waals surface area (Å²) >= 11 is 3.47. The number of hydrogen-bond acceptors (Lipinski definition) is 7. The number of morpholine rings is 1. The SMILES string of the molecule is COc1cc(C=NN2C(=O)[C@@H]3[C@H](C2=O)[C@H]2C=C[C@H]3C2)c(Br)cc1OCC(=O)N1CCOCC1. The van der Waals surface area contributed by atoms with E-state index in [1.807, 2.05) is 12.2 Å². The Kier molecular flexibility index (Phi) is 5.96. The van der Waals surface area contributed by atoms with Crippen LogP contribution in [-0.2, 0) is 19.1 Å². The molecule has 9 nitrogen and oxygen atoms in total. The van der Waals surface area contributed by atoms with Gasteiger partial charge in [0.15, 0.2) is 18.1 Å². The Balaban J connectivity index is 1.28. The van der Waals surface area contributed by atoms with Gasteiger partial charge in [-0.1, -0.05) is 12.2 Å². The fourth-order valence-electron chi connectivity index (χ4n) is 5.09. The third-order valence-corrected chi connectivity index (χ3v) is 7.44. The summed E-state index contributed by atoms with van der Waals surface area (Å²) in [4.78, 5) is 39.7. The molecule has 2 saturated heterocycles.